The topological polar surface area (TPSA) is 58.8 Å². The first-order valence-corrected chi connectivity index (χ1v) is 5.69. The van der Waals surface area contributed by atoms with Crippen LogP contribution in [-0.4, -0.2) is 17.1 Å². The Balaban J connectivity index is 2.48. The molecule has 1 heterocycles. The highest BCUT2D eigenvalue weighted by Gasteiger charge is 2.06. The number of nitriles is 1. The molecule has 0 bridgehead atoms. The molecule has 0 saturated heterocycles. The van der Waals surface area contributed by atoms with Gasteiger partial charge in [0.05, 0.1) is 12.8 Å². The van der Waals surface area contributed by atoms with Gasteiger partial charge in [0.1, 0.15) is 11.8 Å². The monoisotopic (exact) mass is 239 g/mol. The minimum atomic E-state index is 0.182. The van der Waals surface area contributed by atoms with Crippen LogP contribution < -0.4 is 4.74 Å². The summed E-state index contributed by atoms with van der Waals surface area (Å²) in [5.41, 5.74) is 2.83. The molecule has 4 nitrogen and oxygen atoms in total. The first kappa shape index (κ1) is 12.1. The van der Waals surface area contributed by atoms with Gasteiger partial charge in [-0.3, -0.25) is 0 Å². The smallest absolute Gasteiger partial charge is 0.232 e. The fourth-order valence-electron chi connectivity index (χ4n) is 1.79. The van der Waals surface area contributed by atoms with Crippen molar-refractivity contribution in [3.63, 3.8) is 0 Å². The summed E-state index contributed by atoms with van der Waals surface area (Å²) in [6.45, 7) is 2.07. The van der Waals surface area contributed by atoms with E-state index in [-0.39, 0.29) is 5.82 Å². The van der Waals surface area contributed by atoms with Crippen LogP contribution in [-0.2, 0) is 6.42 Å². The van der Waals surface area contributed by atoms with Crippen LogP contribution in [0.1, 0.15) is 18.3 Å². The predicted octanol–water partition coefficient (Wildman–Crippen LogP) is 2.59. The van der Waals surface area contributed by atoms with Crippen molar-refractivity contribution in [3.8, 4) is 23.1 Å². The molecule has 2 aromatic rings. The van der Waals surface area contributed by atoms with Crippen molar-refractivity contribution in [1.82, 2.24) is 9.97 Å². The maximum absolute atomic E-state index is 8.80. The van der Waals surface area contributed by atoms with E-state index >= 15 is 0 Å². The highest BCUT2D eigenvalue weighted by atomic mass is 16.5. The van der Waals surface area contributed by atoms with Crippen LogP contribution in [0.25, 0.3) is 11.3 Å². The molecular formula is C14H13N3O. The minimum Gasteiger partial charge on any atom is -0.496 e. The van der Waals surface area contributed by atoms with Crippen LogP contribution in [0.5, 0.6) is 5.75 Å². The highest BCUT2D eigenvalue weighted by molar-refractivity contribution is 5.62. The van der Waals surface area contributed by atoms with Gasteiger partial charge in [0.2, 0.25) is 5.82 Å². The molecule has 1 aromatic heterocycles. The Morgan fingerprint density at radius 1 is 1.33 bits per heavy atom. The Kier molecular flexibility index (Phi) is 3.54. The lowest BCUT2D eigenvalue weighted by Gasteiger charge is -2.08. The van der Waals surface area contributed by atoms with Crippen molar-refractivity contribution < 1.29 is 4.74 Å². The molecule has 0 aliphatic rings. The summed E-state index contributed by atoms with van der Waals surface area (Å²) < 4.78 is 5.29. The first-order chi connectivity index (χ1) is 8.78. The number of aromatic nitrogens is 2. The third-order valence-electron chi connectivity index (χ3n) is 2.71. The van der Waals surface area contributed by atoms with Crippen molar-refractivity contribution >= 4 is 0 Å². The Morgan fingerprint density at radius 3 is 2.83 bits per heavy atom. The molecule has 0 saturated carbocycles. The zero-order valence-electron chi connectivity index (χ0n) is 10.3. The SMILES string of the molecule is CCc1cc(-c2ccnc(C#N)n2)ccc1OC. The molecule has 0 fully saturated rings. The van der Waals surface area contributed by atoms with E-state index in [4.69, 9.17) is 10.00 Å². The summed E-state index contributed by atoms with van der Waals surface area (Å²) in [5, 5.41) is 8.80. The fourth-order valence-corrected chi connectivity index (χ4v) is 1.79. The molecule has 0 unspecified atom stereocenters. The number of rotatable bonds is 3. The van der Waals surface area contributed by atoms with E-state index in [9.17, 15) is 0 Å². The third kappa shape index (κ3) is 2.30. The largest absolute Gasteiger partial charge is 0.496 e. The van der Waals surface area contributed by atoms with E-state index in [0.29, 0.717) is 0 Å². The molecule has 0 amide bonds. The second-order valence-corrected chi connectivity index (χ2v) is 3.76. The molecule has 90 valence electrons. The Morgan fingerprint density at radius 2 is 2.17 bits per heavy atom. The maximum Gasteiger partial charge on any atom is 0.232 e. The molecule has 18 heavy (non-hydrogen) atoms. The summed E-state index contributed by atoms with van der Waals surface area (Å²) in [6.07, 6.45) is 2.48. The van der Waals surface area contributed by atoms with Crippen LogP contribution in [0.4, 0.5) is 0 Å². The molecule has 4 heteroatoms. The quantitative estimate of drug-likeness (QED) is 0.826. The second kappa shape index (κ2) is 5.28. The summed E-state index contributed by atoms with van der Waals surface area (Å²) in [7, 11) is 1.66. The van der Waals surface area contributed by atoms with Crippen molar-refractivity contribution in [3.05, 3.63) is 41.9 Å². The summed E-state index contributed by atoms with van der Waals surface area (Å²) >= 11 is 0. The lowest BCUT2D eigenvalue weighted by molar-refractivity contribution is 0.410. The van der Waals surface area contributed by atoms with Crippen LogP contribution in [0.3, 0.4) is 0 Å². The van der Waals surface area contributed by atoms with Crippen molar-refractivity contribution in [1.29, 1.82) is 5.26 Å². The van der Waals surface area contributed by atoms with Gasteiger partial charge >= 0.3 is 0 Å². The van der Waals surface area contributed by atoms with Gasteiger partial charge in [-0.2, -0.15) is 5.26 Å². The van der Waals surface area contributed by atoms with E-state index in [1.807, 2.05) is 24.3 Å². The van der Waals surface area contributed by atoms with Crippen molar-refractivity contribution in [2.75, 3.05) is 7.11 Å². The van der Waals surface area contributed by atoms with Crippen LogP contribution in [0, 0.1) is 11.3 Å². The van der Waals surface area contributed by atoms with Crippen LogP contribution in [0.2, 0.25) is 0 Å². The van der Waals surface area contributed by atoms with Gasteiger partial charge in [-0.05, 0) is 36.2 Å². The van der Waals surface area contributed by atoms with Crippen LogP contribution in [0.15, 0.2) is 30.5 Å². The van der Waals surface area contributed by atoms with Crippen LogP contribution >= 0.6 is 0 Å². The van der Waals surface area contributed by atoms with E-state index in [1.165, 1.54) is 0 Å². The predicted molar refractivity (Wildman–Crippen MR) is 68.1 cm³/mol. The van der Waals surface area contributed by atoms with E-state index < -0.39 is 0 Å². The summed E-state index contributed by atoms with van der Waals surface area (Å²) in [6, 6.07) is 9.62. The lowest BCUT2D eigenvalue weighted by Crippen LogP contribution is -1.94. The van der Waals surface area contributed by atoms with Gasteiger partial charge in [-0.1, -0.05) is 6.92 Å². The number of nitrogens with zero attached hydrogens (tertiary/aromatic N) is 3. The van der Waals surface area contributed by atoms with Crippen molar-refractivity contribution in [2.24, 2.45) is 0 Å². The van der Waals surface area contributed by atoms with Gasteiger partial charge in [-0.15, -0.1) is 0 Å². The van der Waals surface area contributed by atoms with Crippen molar-refractivity contribution in [2.45, 2.75) is 13.3 Å². The van der Waals surface area contributed by atoms with Gasteiger partial charge in [0, 0.05) is 11.8 Å². The van der Waals surface area contributed by atoms with Gasteiger partial charge in [0.25, 0.3) is 0 Å². The molecule has 0 aliphatic heterocycles. The molecule has 0 spiro atoms. The van der Waals surface area contributed by atoms with Gasteiger partial charge < -0.3 is 4.74 Å². The fraction of sp³-hybridized carbons (Fsp3) is 0.214. The molecular weight excluding hydrogens is 226 g/mol. The number of hydrogen-bond acceptors (Lipinski definition) is 4. The third-order valence-corrected chi connectivity index (χ3v) is 2.71. The number of aryl methyl sites for hydroxylation is 1. The van der Waals surface area contributed by atoms with Gasteiger partial charge in [0.15, 0.2) is 0 Å². The molecule has 0 aliphatic carbocycles. The zero-order chi connectivity index (χ0) is 13.0. The maximum atomic E-state index is 8.80. The number of methoxy groups -OCH3 is 1. The second-order valence-electron chi connectivity index (χ2n) is 3.76. The number of benzene rings is 1. The van der Waals surface area contributed by atoms with E-state index in [1.54, 1.807) is 19.4 Å². The standard InChI is InChI=1S/C14H13N3O/c1-3-10-8-11(4-5-13(10)18-2)12-6-7-16-14(9-15)17-12/h4-8H,3H2,1-2H3. The average molecular weight is 239 g/mol. The molecule has 0 radical (unpaired) electrons. The summed E-state index contributed by atoms with van der Waals surface area (Å²) in [5.74, 6) is 1.05. The van der Waals surface area contributed by atoms with Gasteiger partial charge in [-0.25, -0.2) is 9.97 Å². The first-order valence-electron chi connectivity index (χ1n) is 5.69. The Labute approximate surface area is 106 Å². The summed E-state index contributed by atoms with van der Waals surface area (Å²) in [4.78, 5) is 8.04. The molecule has 1 aromatic carbocycles. The molecule has 0 atom stereocenters. The average Bonchev–Trinajstić information content (AvgIpc) is 2.46. The van der Waals surface area contributed by atoms with E-state index in [0.717, 1.165) is 29.0 Å². The lowest BCUT2D eigenvalue weighted by atomic mass is 10.1. The van der Waals surface area contributed by atoms with E-state index in [2.05, 4.69) is 16.9 Å². The highest BCUT2D eigenvalue weighted by Crippen LogP contribution is 2.25. The molecule has 0 N–H and O–H groups in total. The number of ether oxygens (including phenoxy) is 1. The molecule has 2 rings (SSSR count). The number of hydrogen-bond donors (Lipinski definition) is 0. The zero-order valence-corrected chi connectivity index (χ0v) is 10.3. The Bertz CT molecular complexity index is 602. The Hall–Kier alpha value is -2.41. The normalized spacial score (nSPS) is 9.83. The minimum absolute atomic E-state index is 0.182.